The molecule has 1 saturated heterocycles. The highest BCUT2D eigenvalue weighted by Crippen LogP contribution is 2.18. The number of hydrogen-bond donors (Lipinski definition) is 1. The fourth-order valence-electron chi connectivity index (χ4n) is 3.06. The molecule has 1 aliphatic rings. The van der Waals surface area contributed by atoms with Crippen molar-refractivity contribution in [3.63, 3.8) is 0 Å². The van der Waals surface area contributed by atoms with Gasteiger partial charge in [0.15, 0.2) is 0 Å². The Morgan fingerprint density at radius 3 is 3.04 bits per heavy atom. The molecule has 8 heteroatoms. The summed E-state index contributed by atoms with van der Waals surface area (Å²) in [7, 11) is 1.79. The summed E-state index contributed by atoms with van der Waals surface area (Å²) in [5.74, 6) is 0.682. The fraction of sp³-hybridized carbons (Fsp3) is 0.474. The van der Waals surface area contributed by atoms with Gasteiger partial charge in [0.25, 0.3) is 5.91 Å². The Bertz CT molecular complexity index is 732. The van der Waals surface area contributed by atoms with E-state index in [0.29, 0.717) is 29.9 Å². The minimum atomic E-state index is -0.0599. The van der Waals surface area contributed by atoms with Gasteiger partial charge in [-0.1, -0.05) is 17.7 Å². The Morgan fingerprint density at radius 1 is 1.44 bits per heavy atom. The second kappa shape index (κ2) is 10.5. The molecule has 1 atom stereocenters. The van der Waals surface area contributed by atoms with Crippen LogP contribution in [0, 0.1) is 0 Å². The SMILES string of the molecule is CN(CCCOc1cccc(Cl)c1)C(=O)c1ccn(C2CCCNC2)n1.Cl. The minimum Gasteiger partial charge on any atom is -0.493 e. The average Bonchev–Trinajstić information content (AvgIpc) is 3.15. The van der Waals surface area contributed by atoms with Crippen LogP contribution in [0.5, 0.6) is 5.75 Å². The molecule has 148 valence electrons. The van der Waals surface area contributed by atoms with E-state index in [1.807, 2.05) is 29.1 Å². The van der Waals surface area contributed by atoms with Crippen molar-refractivity contribution in [1.29, 1.82) is 0 Å². The number of amides is 1. The Morgan fingerprint density at radius 2 is 2.30 bits per heavy atom. The molecule has 1 unspecified atom stereocenters. The van der Waals surface area contributed by atoms with Gasteiger partial charge >= 0.3 is 0 Å². The van der Waals surface area contributed by atoms with Crippen molar-refractivity contribution in [2.24, 2.45) is 0 Å². The molecule has 1 fully saturated rings. The molecular formula is C19H26Cl2N4O2. The van der Waals surface area contributed by atoms with E-state index >= 15 is 0 Å². The molecule has 6 nitrogen and oxygen atoms in total. The lowest BCUT2D eigenvalue weighted by atomic mass is 10.1. The second-order valence-corrected chi connectivity index (χ2v) is 7.00. The topological polar surface area (TPSA) is 59.4 Å². The van der Waals surface area contributed by atoms with Crippen LogP contribution in [0.15, 0.2) is 36.5 Å². The van der Waals surface area contributed by atoms with Crippen LogP contribution in [-0.4, -0.2) is 53.9 Å². The number of aromatic nitrogens is 2. The van der Waals surface area contributed by atoms with Crippen molar-refractivity contribution in [3.8, 4) is 5.75 Å². The highest BCUT2D eigenvalue weighted by Gasteiger charge is 2.19. The zero-order valence-electron chi connectivity index (χ0n) is 15.4. The van der Waals surface area contributed by atoms with E-state index < -0.39 is 0 Å². The maximum atomic E-state index is 12.5. The average molecular weight is 413 g/mol. The van der Waals surface area contributed by atoms with Crippen molar-refractivity contribution in [1.82, 2.24) is 20.0 Å². The van der Waals surface area contributed by atoms with E-state index in [4.69, 9.17) is 16.3 Å². The summed E-state index contributed by atoms with van der Waals surface area (Å²) in [5.41, 5.74) is 0.494. The van der Waals surface area contributed by atoms with Crippen LogP contribution in [0.4, 0.5) is 0 Å². The largest absolute Gasteiger partial charge is 0.493 e. The first-order chi connectivity index (χ1) is 12.6. The molecule has 27 heavy (non-hydrogen) atoms. The van der Waals surface area contributed by atoms with Crippen molar-refractivity contribution < 1.29 is 9.53 Å². The first-order valence-corrected chi connectivity index (χ1v) is 9.41. The molecule has 1 N–H and O–H groups in total. The summed E-state index contributed by atoms with van der Waals surface area (Å²) in [6.45, 7) is 3.10. The third-order valence-corrected chi connectivity index (χ3v) is 4.76. The smallest absolute Gasteiger partial charge is 0.274 e. The van der Waals surface area contributed by atoms with Crippen molar-refractivity contribution in [2.45, 2.75) is 25.3 Å². The van der Waals surface area contributed by atoms with Crippen LogP contribution in [0.1, 0.15) is 35.8 Å². The molecule has 1 aromatic carbocycles. The standard InChI is InChI=1S/C19H25ClN4O2.ClH/c1-23(10-4-12-26-17-7-2-5-15(20)13-17)19(25)18-8-11-24(22-18)16-6-3-9-21-14-16;/h2,5,7-8,11,13,16,21H,3-4,6,9-10,12,14H2,1H3;1H. The number of piperidine rings is 1. The normalized spacial score (nSPS) is 16.4. The third kappa shape index (κ3) is 6.13. The number of nitrogens with zero attached hydrogens (tertiary/aromatic N) is 3. The first kappa shape index (κ1) is 21.5. The van der Waals surface area contributed by atoms with Gasteiger partial charge in [0.1, 0.15) is 11.4 Å². The molecular weight excluding hydrogens is 387 g/mol. The molecule has 0 radical (unpaired) electrons. The van der Waals surface area contributed by atoms with Gasteiger partial charge in [0.2, 0.25) is 0 Å². The van der Waals surface area contributed by atoms with Crippen LogP contribution in [0.2, 0.25) is 5.02 Å². The molecule has 2 heterocycles. The van der Waals surface area contributed by atoms with E-state index in [0.717, 1.165) is 38.1 Å². The number of rotatable bonds is 7. The number of halogens is 2. The third-order valence-electron chi connectivity index (χ3n) is 4.52. The van der Waals surface area contributed by atoms with Gasteiger partial charge in [-0.3, -0.25) is 9.48 Å². The summed E-state index contributed by atoms with van der Waals surface area (Å²) in [4.78, 5) is 14.2. The number of ether oxygens (including phenoxy) is 1. The van der Waals surface area contributed by atoms with Crippen molar-refractivity contribution in [2.75, 3.05) is 33.3 Å². The van der Waals surface area contributed by atoms with E-state index in [1.165, 1.54) is 0 Å². The van der Waals surface area contributed by atoms with Crippen LogP contribution < -0.4 is 10.1 Å². The first-order valence-electron chi connectivity index (χ1n) is 9.03. The van der Waals surface area contributed by atoms with Crippen molar-refractivity contribution >= 4 is 29.9 Å². The lowest BCUT2D eigenvalue weighted by Gasteiger charge is -2.23. The number of carbonyl (C=O) groups is 1. The molecule has 0 aliphatic carbocycles. The molecule has 1 amide bonds. The Labute approximate surface area is 171 Å². The number of benzene rings is 1. The molecule has 3 rings (SSSR count). The van der Waals surface area contributed by atoms with E-state index in [1.54, 1.807) is 24.1 Å². The van der Waals surface area contributed by atoms with Gasteiger partial charge in [-0.15, -0.1) is 12.4 Å². The molecule has 1 aromatic heterocycles. The summed E-state index contributed by atoms with van der Waals surface area (Å²) in [5, 5.41) is 8.50. The highest BCUT2D eigenvalue weighted by atomic mass is 35.5. The van der Waals surface area contributed by atoms with Crippen LogP contribution in [0.3, 0.4) is 0 Å². The Hall–Kier alpha value is -1.76. The van der Waals surface area contributed by atoms with Gasteiger partial charge < -0.3 is 15.0 Å². The fourth-order valence-corrected chi connectivity index (χ4v) is 3.24. The van der Waals surface area contributed by atoms with Crippen molar-refractivity contribution in [3.05, 3.63) is 47.2 Å². The van der Waals surface area contributed by atoms with Gasteiger partial charge in [-0.05, 0) is 50.1 Å². The molecule has 0 spiro atoms. The second-order valence-electron chi connectivity index (χ2n) is 6.57. The molecule has 0 bridgehead atoms. The van der Waals surface area contributed by atoms with Gasteiger partial charge in [-0.25, -0.2) is 0 Å². The lowest BCUT2D eigenvalue weighted by molar-refractivity contribution is 0.0780. The summed E-state index contributed by atoms with van der Waals surface area (Å²) in [6, 6.07) is 9.45. The summed E-state index contributed by atoms with van der Waals surface area (Å²) < 4.78 is 7.57. The van der Waals surface area contributed by atoms with E-state index in [-0.39, 0.29) is 18.3 Å². The van der Waals surface area contributed by atoms with E-state index in [2.05, 4.69) is 10.4 Å². The Balaban J connectivity index is 0.00000261. The van der Waals surface area contributed by atoms with Gasteiger partial charge in [0.05, 0.1) is 12.6 Å². The van der Waals surface area contributed by atoms with E-state index in [9.17, 15) is 4.79 Å². The maximum absolute atomic E-state index is 12.5. The number of carbonyl (C=O) groups excluding carboxylic acids is 1. The van der Waals surface area contributed by atoms with Gasteiger partial charge in [0, 0.05) is 31.4 Å². The quantitative estimate of drug-likeness (QED) is 0.707. The van der Waals surface area contributed by atoms with Crippen LogP contribution in [-0.2, 0) is 0 Å². The molecule has 0 saturated carbocycles. The number of hydrogen-bond acceptors (Lipinski definition) is 4. The van der Waals surface area contributed by atoms with Crippen LogP contribution in [0.25, 0.3) is 0 Å². The Kier molecular flexibility index (Phi) is 8.41. The molecule has 2 aromatic rings. The minimum absolute atomic E-state index is 0. The number of nitrogens with one attached hydrogen (secondary N) is 1. The summed E-state index contributed by atoms with van der Waals surface area (Å²) in [6.07, 6.45) is 4.88. The monoisotopic (exact) mass is 412 g/mol. The molecule has 1 aliphatic heterocycles. The zero-order chi connectivity index (χ0) is 18.4. The predicted molar refractivity (Wildman–Crippen MR) is 109 cm³/mol. The van der Waals surface area contributed by atoms with Crippen LogP contribution >= 0.6 is 24.0 Å². The highest BCUT2D eigenvalue weighted by molar-refractivity contribution is 6.30. The lowest BCUT2D eigenvalue weighted by Crippen LogP contribution is -2.32. The maximum Gasteiger partial charge on any atom is 0.274 e. The van der Waals surface area contributed by atoms with Gasteiger partial charge in [-0.2, -0.15) is 5.10 Å². The predicted octanol–water partition coefficient (Wildman–Crippen LogP) is 3.42. The summed E-state index contributed by atoms with van der Waals surface area (Å²) >= 11 is 5.93. The zero-order valence-corrected chi connectivity index (χ0v) is 17.0.